The third kappa shape index (κ3) is 4.18. The van der Waals surface area contributed by atoms with Gasteiger partial charge in [0.25, 0.3) is 0 Å². The Morgan fingerprint density at radius 3 is 3.10 bits per heavy atom. The number of hydrogen-bond donors (Lipinski definition) is 1. The number of amides is 2. The van der Waals surface area contributed by atoms with E-state index in [1.54, 1.807) is 23.2 Å². The molecule has 108 valence electrons. The van der Waals surface area contributed by atoms with Gasteiger partial charge < -0.3 is 15.0 Å². The molecule has 1 aromatic rings. The fourth-order valence-corrected chi connectivity index (χ4v) is 2.09. The summed E-state index contributed by atoms with van der Waals surface area (Å²) in [6.07, 6.45) is 3.25. The maximum atomic E-state index is 11.9. The predicted octanol–water partition coefficient (Wildman–Crippen LogP) is -0.0175. The van der Waals surface area contributed by atoms with Gasteiger partial charge in [-0.3, -0.25) is 9.59 Å². The molecule has 2 heterocycles. The molecule has 0 aromatic carbocycles. The van der Waals surface area contributed by atoms with Crippen LogP contribution in [0.1, 0.15) is 19.8 Å². The summed E-state index contributed by atoms with van der Waals surface area (Å²) in [7, 11) is 0. The van der Waals surface area contributed by atoms with Crippen LogP contribution in [0.3, 0.4) is 0 Å². The van der Waals surface area contributed by atoms with Gasteiger partial charge in [0.1, 0.15) is 6.10 Å². The third-order valence-electron chi connectivity index (χ3n) is 3.05. The number of aromatic nitrogens is 2. The van der Waals surface area contributed by atoms with E-state index < -0.39 is 0 Å². The predicted molar refractivity (Wildman–Crippen MR) is 70.9 cm³/mol. The topological polar surface area (TPSA) is 84.4 Å². The van der Waals surface area contributed by atoms with Crippen molar-refractivity contribution in [3.05, 3.63) is 18.3 Å². The molecule has 20 heavy (non-hydrogen) atoms. The molecule has 2 rings (SSSR count). The average molecular weight is 278 g/mol. The molecule has 1 N–H and O–H groups in total. The van der Waals surface area contributed by atoms with E-state index in [2.05, 4.69) is 15.5 Å². The zero-order valence-electron chi connectivity index (χ0n) is 11.4. The van der Waals surface area contributed by atoms with E-state index in [-0.39, 0.29) is 24.5 Å². The van der Waals surface area contributed by atoms with Crippen molar-refractivity contribution in [1.82, 2.24) is 20.4 Å². The molecule has 7 heteroatoms. The van der Waals surface area contributed by atoms with E-state index >= 15 is 0 Å². The van der Waals surface area contributed by atoms with Crippen molar-refractivity contribution in [3.8, 4) is 5.88 Å². The van der Waals surface area contributed by atoms with Crippen LogP contribution in [-0.2, 0) is 9.59 Å². The van der Waals surface area contributed by atoms with Gasteiger partial charge in [0.05, 0.1) is 13.1 Å². The maximum Gasteiger partial charge on any atom is 0.242 e. The molecule has 0 saturated carbocycles. The Morgan fingerprint density at radius 2 is 2.40 bits per heavy atom. The van der Waals surface area contributed by atoms with Gasteiger partial charge >= 0.3 is 0 Å². The molecular formula is C13H18N4O3. The molecule has 0 unspecified atom stereocenters. The number of carbonyl (C=O) groups is 2. The number of likely N-dealkylation sites (tertiary alicyclic amines) is 1. The van der Waals surface area contributed by atoms with Gasteiger partial charge in [-0.15, -0.1) is 5.10 Å². The molecule has 0 spiro atoms. The van der Waals surface area contributed by atoms with Gasteiger partial charge in [0.15, 0.2) is 0 Å². The molecule has 7 nitrogen and oxygen atoms in total. The van der Waals surface area contributed by atoms with Gasteiger partial charge in [0.2, 0.25) is 17.7 Å². The van der Waals surface area contributed by atoms with Gasteiger partial charge in [-0.25, -0.2) is 0 Å². The monoisotopic (exact) mass is 278 g/mol. The smallest absolute Gasteiger partial charge is 0.242 e. The number of piperidine rings is 1. The summed E-state index contributed by atoms with van der Waals surface area (Å²) in [5.74, 6) is 0.170. The van der Waals surface area contributed by atoms with E-state index in [0.717, 1.165) is 12.8 Å². The summed E-state index contributed by atoms with van der Waals surface area (Å²) in [4.78, 5) is 24.5. The number of rotatable bonds is 4. The van der Waals surface area contributed by atoms with Crippen LogP contribution in [-0.4, -0.2) is 52.6 Å². The molecule has 0 radical (unpaired) electrons. The van der Waals surface area contributed by atoms with Crippen molar-refractivity contribution >= 4 is 11.8 Å². The lowest BCUT2D eigenvalue weighted by Crippen LogP contribution is -2.47. The van der Waals surface area contributed by atoms with Crippen LogP contribution in [0.4, 0.5) is 0 Å². The number of hydrogen-bond acceptors (Lipinski definition) is 5. The highest BCUT2D eigenvalue weighted by Gasteiger charge is 2.25. The summed E-state index contributed by atoms with van der Waals surface area (Å²) in [5, 5.41) is 10.1. The highest BCUT2D eigenvalue weighted by Crippen LogP contribution is 2.15. The minimum absolute atomic E-state index is 0.0349. The van der Waals surface area contributed by atoms with Crippen LogP contribution in [0.25, 0.3) is 0 Å². The molecule has 2 amide bonds. The van der Waals surface area contributed by atoms with Gasteiger partial charge in [-0.2, -0.15) is 5.10 Å². The summed E-state index contributed by atoms with van der Waals surface area (Å²) in [6.45, 7) is 2.63. The Labute approximate surface area is 117 Å². The van der Waals surface area contributed by atoms with Gasteiger partial charge in [-0.1, -0.05) is 0 Å². The molecule has 1 aromatic heterocycles. The van der Waals surface area contributed by atoms with Crippen molar-refractivity contribution in [1.29, 1.82) is 0 Å². The summed E-state index contributed by atoms with van der Waals surface area (Å²) in [6, 6.07) is 3.50. The van der Waals surface area contributed by atoms with Crippen molar-refractivity contribution in [2.24, 2.45) is 0 Å². The average Bonchev–Trinajstić information content (AvgIpc) is 2.46. The lowest BCUT2D eigenvalue weighted by Gasteiger charge is -2.32. The first kappa shape index (κ1) is 14.2. The zero-order valence-corrected chi connectivity index (χ0v) is 11.4. The van der Waals surface area contributed by atoms with Crippen LogP contribution in [0, 0.1) is 0 Å². The number of nitrogens with zero attached hydrogens (tertiary/aromatic N) is 3. The van der Waals surface area contributed by atoms with E-state index in [9.17, 15) is 9.59 Å². The highest BCUT2D eigenvalue weighted by atomic mass is 16.5. The Balaban J connectivity index is 1.85. The van der Waals surface area contributed by atoms with Gasteiger partial charge in [-0.05, 0) is 18.9 Å². The number of nitrogens with one attached hydrogen (secondary N) is 1. The van der Waals surface area contributed by atoms with E-state index in [4.69, 9.17) is 4.74 Å². The second-order valence-corrected chi connectivity index (χ2v) is 4.69. The first-order chi connectivity index (χ1) is 9.65. The van der Waals surface area contributed by atoms with Crippen molar-refractivity contribution < 1.29 is 14.3 Å². The largest absolute Gasteiger partial charge is 0.471 e. The fraction of sp³-hybridized carbons (Fsp3) is 0.538. The first-order valence-electron chi connectivity index (χ1n) is 6.61. The fourth-order valence-electron chi connectivity index (χ4n) is 2.09. The molecule has 1 aliphatic heterocycles. The molecule has 0 bridgehead atoms. The molecule has 0 aliphatic carbocycles. The van der Waals surface area contributed by atoms with Crippen LogP contribution in [0.2, 0.25) is 0 Å². The second-order valence-electron chi connectivity index (χ2n) is 4.69. The standard InChI is InChI=1S/C13H18N4O3/c1-10(18)14-8-13(19)17-7-3-4-11(9-17)20-12-5-2-6-15-16-12/h2,5-6,11H,3-4,7-9H2,1H3,(H,14,18)/t11-/m1/s1. The van der Waals surface area contributed by atoms with Crippen LogP contribution in [0.5, 0.6) is 5.88 Å². The second kappa shape index (κ2) is 6.83. The minimum Gasteiger partial charge on any atom is -0.471 e. The van der Waals surface area contributed by atoms with E-state index in [0.29, 0.717) is 19.0 Å². The third-order valence-corrected chi connectivity index (χ3v) is 3.05. The van der Waals surface area contributed by atoms with Crippen molar-refractivity contribution in [2.75, 3.05) is 19.6 Å². The molecule has 1 aliphatic rings. The lowest BCUT2D eigenvalue weighted by molar-refractivity contribution is -0.134. The highest BCUT2D eigenvalue weighted by molar-refractivity contribution is 5.83. The quantitative estimate of drug-likeness (QED) is 0.837. The van der Waals surface area contributed by atoms with Gasteiger partial charge in [0, 0.05) is 25.7 Å². The summed E-state index contributed by atoms with van der Waals surface area (Å²) >= 11 is 0. The SMILES string of the molecule is CC(=O)NCC(=O)N1CCC[C@@H](Oc2cccnn2)C1. The summed E-state index contributed by atoms with van der Waals surface area (Å²) in [5.41, 5.74) is 0. The van der Waals surface area contributed by atoms with Crippen molar-refractivity contribution in [3.63, 3.8) is 0 Å². The van der Waals surface area contributed by atoms with E-state index in [1.807, 2.05) is 0 Å². The Bertz CT molecular complexity index is 466. The molecule has 1 atom stereocenters. The first-order valence-corrected chi connectivity index (χ1v) is 6.61. The molecule has 1 fully saturated rings. The summed E-state index contributed by atoms with van der Waals surface area (Å²) < 4.78 is 5.71. The van der Waals surface area contributed by atoms with Crippen LogP contribution in [0.15, 0.2) is 18.3 Å². The van der Waals surface area contributed by atoms with E-state index in [1.165, 1.54) is 6.92 Å². The van der Waals surface area contributed by atoms with Crippen molar-refractivity contribution in [2.45, 2.75) is 25.9 Å². The zero-order chi connectivity index (χ0) is 14.4. The maximum absolute atomic E-state index is 11.9. The van der Waals surface area contributed by atoms with Crippen LogP contribution >= 0.6 is 0 Å². The van der Waals surface area contributed by atoms with Crippen LogP contribution < -0.4 is 10.1 Å². The Morgan fingerprint density at radius 1 is 1.55 bits per heavy atom. The number of ether oxygens (including phenoxy) is 1. The Kier molecular flexibility index (Phi) is 4.86. The molecular weight excluding hydrogens is 260 g/mol. The number of carbonyl (C=O) groups excluding carboxylic acids is 2. The normalized spacial score (nSPS) is 18.4. The minimum atomic E-state index is -0.206. The Hall–Kier alpha value is -2.18. The lowest BCUT2D eigenvalue weighted by atomic mass is 10.1. The molecule has 1 saturated heterocycles.